The SMILES string of the molecule is CC[C@H]1Cc2ccccc2S(=O)(=O)N(Cc2cc([C@@H](CC(=O)O)c3ccc4c(nnn4C)c3C)cc3c2CCC3)C1. The highest BCUT2D eigenvalue weighted by molar-refractivity contribution is 7.89. The first-order valence-electron chi connectivity index (χ1n) is 14.4. The average Bonchev–Trinajstić information content (AvgIpc) is 3.56. The Labute approximate surface area is 241 Å². The lowest BCUT2D eigenvalue weighted by molar-refractivity contribution is -0.137. The van der Waals surface area contributed by atoms with E-state index in [1.165, 1.54) is 11.1 Å². The van der Waals surface area contributed by atoms with Crippen molar-refractivity contribution in [2.24, 2.45) is 13.0 Å². The van der Waals surface area contributed by atoms with Crippen molar-refractivity contribution in [1.82, 2.24) is 19.3 Å². The number of aryl methyl sites for hydroxylation is 3. The zero-order valence-electron chi connectivity index (χ0n) is 23.8. The molecule has 214 valence electrons. The first-order chi connectivity index (χ1) is 19.7. The van der Waals surface area contributed by atoms with Crippen molar-refractivity contribution in [2.45, 2.75) is 69.7 Å². The van der Waals surface area contributed by atoms with Gasteiger partial charge in [0.1, 0.15) is 5.52 Å². The van der Waals surface area contributed by atoms with Gasteiger partial charge in [-0.15, -0.1) is 5.10 Å². The molecule has 0 spiro atoms. The van der Waals surface area contributed by atoms with Gasteiger partial charge in [-0.1, -0.05) is 55.0 Å². The Morgan fingerprint density at radius 3 is 2.71 bits per heavy atom. The van der Waals surface area contributed by atoms with Crippen molar-refractivity contribution in [3.8, 4) is 0 Å². The second kappa shape index (κ2) is 10.7. The van der Waals surface area contributed by atoms with Crippen molar-refractivity contribution in [3.63, 3.8) is 0 Å². The smallest absolute Gasteiger partial charge is 0.304 e. The summed E-state index contributed by atoms with van der Waals surface area (Å²) in [6.07, 6.45) is 4.38. The second-order valence-electron chi connectivity index (χ2n) is 11.6. The Morgan fingerprint density at radius 1 is 1.12 bits per heavy atom. The molecule has 6 rings (SSSR count). The van der Waals surface area contributed by atoms with Crippen LogP contribution in [0.3, 0.4) is 0 Å². The lowest BCUT2D eigenvalue weighted by atomic mass is 9.83. The van der Waals surface area contributed by atoms with E-state index in [0.29, 0.717) is 11.4 Å². The van der Waals surface area contributed by atoms with E-state index >= 15 is 0 Å². The fourth-order valence-corrected chi connectivity index (χ4v) is 8.54. The van der Waals surface area contributed by atoms with E-state index in [1.807, 2.05) is 38.2 Å². The zero-order valence-corrected chi connectivity index (χ0v) is 24.6. The standard InChI is InChI=1S/C32H36N4O4S/c1-4-21-14-23-8-5-6-11-30(23)41(39,40)36(18-21)19-25-16-24(15-22-9-7-10-27(22)25)28(17-31(37)38)26-12-13-29-32(20(26)2)33-34-35(29)3/h5-6,8,11-13,15-16,21,28H,4,7,9-10,14,17-19H2,1-3H3,(H,37,38)/t21-,28+/m0/s1. The summed E-state index contributed by atoms with van der Waals surface area (Å²) in [5, 5.41) is 18.5. The van der Waals surface area contributed by atoms with Crippen LogP contribution in [0.4, 0.5) is 0 Å². The minimum Gasteiger partial charge on any atom is -0.481 e. The average molecular weight is 573 g/mol. The fraction of sp³-hybridized carbons (Fsp3) is 0.406. The lowest BCUT2D eigenvalue weighted by Gasteiger charge is -2.26. The maximum atomic E-state index is 14.0. The summed E-state index contributed by atoms with van der Waals surface area (Å²) in [4.78, 5) is 12.6. The third kappa shape index (κ3) is 4.95. The van der Waals surface area contributed by atoms with Crippen molar-refractivity contribution in [1.29, 1.82) is 0 Å². The Kier molecular flexibility index (Phi) is 7.20. The molecule has 41 heavy (non-hydrogen) atoms. The van der Waals surface area contributed by atoms with Gasteiger partial charge in [-0.05, 0) is 89.6 Å². The quantitative estimate of drug-likeness (QED) is 0.329. The molecule has 9 heteroatoms. The molecular weight excluding hydrogens is 536 g/mol. The van der Waals surface area contributed by atoms with Crippen LogP contribution in [0.2, 0.25) is 0 Å². The van der Waals surface area contributed by atoms with E-state index in [9.17, 15) is 18.3 Å². The minimum absolute atomic E-state index is 0.0713. The number of rotatable bonds is 7. The van der Waals surface area contributed by atoms with Gasteiger partial charge in [0.2, 0.25) is 10.0 Å². The first kappa shape index (κ1) is 27.6. The molecule has 1 aliphatic heterocycles. The van der Waals surface area contributed by atoms with Gasteiger partial charge >= 0.3 is 5.97 Å². The van der Waals surface area contributed by atoms with Gasteiger partial charge in [0.25, 0.3) is 0 Å². The number of hydrogen-bond donors (Lipinski definition) is 1. The molecule has 0 bridgehead atoms. The maximum absolute atomic E-state index is 14.0. The number of sulfonamides is 1. The molecule has 4 aromatic rings. The van der Waals surface area contributed by atoms with E-state index in [-0.39, 0.29) is 18.9 Å². The molecule has 0 unspecified atom stereocenters. The predicted octanol–water partition coefficient (Wildman–Crippen LogP) is 5.15. The van der Waals surface area contributed by atoms with Gasteiger partial charge < -0.3 is 5.11 Å². The largest absolute Gasteiger partial charge is 0.481 e. The van der Waals surface area contributed by atoms with Crippen LogP contribution in [0.1, 0.15) is 71.0 Å². The number of nitrogens with zero attached hydrogens (tertiary/aromatic N) is 4. The number of aliphatic carboxylic acids is 1. The Balaban J connectivity index is 1.45. The second-order valence-corrected chi connectivity index (χ2v) is 13.5. The van der Waals surface area contributed by atoms with Crippen molar-refractivity contribution >= 4 is 27.0 Å². The number of carbonyl (C=O) groups is 1. The van der Waals surface area contributed by atoms with Crippen LogP contribution in [0, 0.1) is 12.8 Å². The highest BCUT2D eigenvalue weighted by Crippen LogP contribution is 2.38. The van der Waals surface area contributed by atoms with Crippen molar-refractivity contribution < 1.29 is 18.3 Å². The molecule has 3 aromatic carbocycles. The van der Waals surface area contributed by atoms with Crippen LogP contribution in [-0.2, 0) is 47.7 Å². The lowest BCUT2D eigenvalue weighted by Crippen LogP contribution is -2.33. The Hall–Kier alpha value is -3.56. The van der Waals surface area contributed by atoms with E-state index in [2.05, 4.69) is 29.4 Å². The van der Waals surface area contributed by atoms with Crippen LogP contribution in [0.15, 0.2) is 53.4 Å². The molecule has 1 aromatic heterocycles. The Morgan fingerprint density at radius 2 is 1.93 bits per heavy atom. The van der Waals surface area contributed by atoms with Crippen LogP contribution in [-0.4, -0.2) is 45.3 Å². The number of fused-ring (bicyclic) bond motifs is 3. The normalized spacial score (nSPS) is 19.0. The third-order valence-corrected chi connectivity index (χ3v) is 11.0. The molecule has 1 aliphatic carbocycles. The summed E-state index contributed by atoms with van der Waals surface area (Å²) in [5.41, 5.74) is 8.69. The van der Waals surface area contributed by atoms with Gasteiger partial charge in [-0.25, -0.2) is 13.1 Å². The van der Waals surface area contributed by atoms with E-state index in [1.54, 1.807) is 21.1 Å². The number of benzene rings is 3. The van der Waals surface area contributed by atoms with Crippen LogP contribution >= 0.6 is 0 Å². The summed E-state index contributed by atoms with van der Waals surface area (Å²) in [6.45, 7) is 4.84. The molecule has 0 fully saturated rings. The topological polar surface area (TPSA) is 105 Å². The van der Waals surface area contributed by atoms with Gasteiger partial charge in [-0.3, -0.25) is 4.79 Å². The van der Waals surface area contributed by atoms with Crippen LogP contribution in [0.25, 0.3) is 11.0 Å². The van der Waals surface area contributed by atoms with Gasteiger partial charge in [0.05, 0.1) is 16.8 Å². The molecule has 2 aliphatic rings. The van der Waals surface area contributed by atoms with Crippen molar-refractivity contribution in [3.05, 3.63) is 87.5 Å². The zero-order chi connectivity index (χ0) is 28.9. The van der Waals surface area contributed by atoms with Crippen LogP contribution < -0.4 is 0 Å². The monoisotopic (exact) mass is 572 g/mol. The third-order valence-electron chi connectivity index (χ3n) is 9.05. The molecule has 0 amide bonds. The fourth-order valence-electron chi connectivity index (χ4n) is 6.81. The predicted molar refractivity (Wildman–Crippen MR) is 157 cm³/mol. The minimum atomic E-state index is -3.69. The molecule has 0 radical (unpaired) electrons. The summed E-state index contributed by atoms with van der Waals surface area (Å²) in [5.74, 6) is -1.05. The molecule has 2 heterocycles. The number of aromatic nitrogens is 3. The van der Waals surface area contributed by atoms with Gasteiger partial charge in [0.15, 0.2) is 0 Å². The molecule has 0 saturated heterocycles. The Bertz CT molecular complexity index is 1760. The summed E-state index contributed by atoms with van der Waals surface area (Å²) < 4.78 is 31.3. The first-order valence-corrected chi connectivity index (χ1v) is 15.8. The van der Waals surface area contributed by atoms with Gasteiger partial charge in [-0.2, -0.15) is 4.31 Å². The molecular formula is C32H36N4O4S. The van der Waals surface area contributed by atoms with Crippen LogP contribution in [0.5, 0.6) is 0 Å². The highest BCUT2D eigenvalue weighted by atomic mass is 32.2. The molecule has 1 N–H and O–H groups in total. The maximum Gasteiger partial charge on any atom is 0.304 e. The van der Waals surface area contributed by atoms with E-state index in [0.717, 1.165) is 71.0 Å². The number of hydrogen-bond acceptors (Lipinski definition) is 5. The summed E-state index contributed by atoms with van der Waals surface area (Å²) in [7, 11) is -1.85. The number of carboxylic acids is 1. The van der Waals surface area contributed by atoms with E-state index in [4.69, 9.17) is 0 Å². The highest BCUT2D eigenvalue weighted by Gasteiger charge is 2.34. The van der Waals surface area contributed by atoms with Gasteiger partial charge in [0, 0.05) is 26.1 Å². The van der Waals surface area contributed by atoms with Crippen molar-refractivity contribution in [2.75, 3.05) is 6.54 Å². The molecule has 8 nitrogen and oxygen atoms in total. The summed E-state index contributed by atoms with van der Waals surface area (Å²) in [6, 6.07) is 15.5. The molecule has 2 atom stereocenters. The van der Waals surface area contributed by atoms with E-state index < -0.39 is 21.9 Å². The molecule has 0 saturated carbocycles. The number of carboxylic acid groups (broad SMARTS) is 1. The summed E-state index contributed by atoms with van der Waals surface area (Å²) >= 11 is 0.